The van der Waals surface area contributed by atoms with E-state index in [-0.39, 0.29) is 0 Å². The Labute approximate surface area is 103 Å². The van der Waals surface area contributed by atoms with Crippen molar-refractivity contribution >= 4 is 0 Å². The first-order valence-corrected chi connectivity index (χ1v) is 6.45. The number of rotatable bonds is 4. The van der Waals surface area contributed by atoms with Crippen molar-refractivity contribution in [3.05, 3.63) is 17.3 Å². The first-order valence-electron chi connectivity index (χ1n) is 6.45. The highest BCUT2D eigenvalue weighted by Crippen LogP contribution is 2.21. The molecule has 0 bridgehead atoms. The number of nitrogens with zero attached hydrogens (tertiary/aromatic N) is 2. The van der Waals surface area contributed by atoms with Crippen LogP contribution in [0.25, 0.3) is 0 Å². The van der Waals surface area contributed by atoms with Crippen molar-refractivity contribution in [3.63, 3.8) is 0 Å². The van der Waals surface area contributed by atoms with E-state index in [4.69, 9.17) is 9.52 Å². The summed E-state index contributed by atoms with van der Waals surface area (Å²) in [6.07, 6.45) is 3.37. The fourth-order valence-electron chi connectivity index (χ4n) is 2.51. The summed E-state index contributed by atoms with van der Waals surface area (Å²) in [6.45, 7) is 7.21. The molecule has 1 fully saturated rings. The summed E-state index contributed by atoms with van der Waals surface area (Å²) in [4.78, 5) is 6.80. The minimum Gasteiger partial charge on any atom is -0.444 e. The Bertz CT molecular complexity index is 341. The summed E-state index contributed by atoms with van der Waals surface area (Å²) < 4.78 is 5.61. The van der Waals surface area contributed by atoms with E-state index >= 15 is 0 Å². The van der Waals surface area contributed by atoms with E-state index < -0.39 is 0 Å². The smallest absolute Gasteiger partial charge is 0.208 e. The van der Waals surface area contributed by atoms with Crippen LogP contribution in [0, 0.1) is 19.8 Å². The Balaban J connectivity index is 1.90. The second-order valence-corrected chi connectivity index (χ2v) is 5.00. The number of hydrogen-bond donors (Lipinski definition) is 1. The molecule has 1 atom stereocenters. The Morgan fingerprint density at radius 3 is 2.94 bits per heavy atom. The number of piperidine rings is 1. The molecule has 1 N–H and O–H groups in total. The van der Waals surface area contributed by atoms with Crippen LogP contribution in [0.3, 0.4) is 0 Å². The fraction of sp³-hybridized carbons (Fsp3) is 0.769. The molecular formula is C13H22N2O2. The van der Waals surface area contributed by atoms with Gasteiger partial charge in [-0.3, -0.25) is 4.90 Å². The van der Waals surface area contributed by atoms with Gasteiger partial charge in [-0.2, -0.15) is 0 Å². The minimum absolute atomic E-state index is 0.301. The summed E-state index contributed by atoms with van der Waals surface area (Å²) in [7, 11) is 0. The summed E-state index contributed by atoms with van der Waals surface area (Å²) in [6, 6.07) is 0. The molecule has 2 rings (SSSR count). The molecule has 0 radical (unpaired) electrons. The molecule has 1 aromatic rings. The maximum atomic E-state index is 8.98. The van der Waals surface area contributed by atoms with Gasteiger partial charge in [-0.25, -0.2) is 4.98 Å². The van der Waals surface area contributed by atoms with E-state index in [1.165, 1.54) is 12.8 Å². The third kappa shape index (κ3) is 3.30. The van der Waals surface area contributed by atoms with Gasteiger partial charge < -0.3 is 9.52 Å². The van der Waals surface area contributed by atoms with Crippen LogP contribution >= 0.6 is 0 Å². The van der Waals surface area contributed by atoms with Crippen molar-refractivity contribution in [1.82, 2.24) is 9.88 Å². The number of aliphatic hydroxyl groups is 1. The lowest BCUT2D eigenvalue weighted by Gasteiger charge is -2.31. The summed E-state index contributed by atoms with van der Waals surface area (Å²) in [5, 5.41) is 8.98. The third-order valence-corrected chi connectivity index (χ3v) is 3.57. The Morgan fingerprint density at radius 1 is 1.47 bits per heavy atom. The van der Waals surface area contributed by atoms with Gasteiger partial charge in [0.2, 0.25) is 5.89 Å². The standard InChI is InChI=1S/C13H22N2O2/c1-10-11(2)17-13(14-10)9-15-6-3-4-12(8-15)5-7-16/h12,16H,3-9H2,1-2H3. The van der Waals surface area contributed by atoms with Gasteiger partial charge in [0.25, 0.3) is 0 Å². The summed E-state index contributed by atoms with van der Waals surface area (Å²) >= 11 is 0. The van der Waals surface area contributed by atoms with E-state index in [1.54, 1.807) is 0 Å². The van der Waals surface area contributed by atoms with Crippen molar-refractivity contribution in [3.8, 4) is 0 Å². The highest BCUT2D eigenvalue weighted by atomic mass is 16.4. The highest BCUT2D eigenvalue weighted by Gasteiger charge is 2.21. The van der Waals surface area contributed by atoms with Gasteiger partial charge in [-0.15, -0.1) is 0 Å². The number of likely N-dealkylation sites (tertiary alicyclic amines) is 1. The van der Waals surface area contributed by atoms with Crippen LogP contribution < -0.4 is 0 Å². The van der Waals surface area contributed by atoms with Crippen LogP contribution in [0.2, 0.25) is 0 Å². The average molecular weight is 238 g/mol. The molecule has 2 heterocycles. The van der Waals surface area contributed by atoms with E-state index in [2.05, 4.69) is 9.88 Å². The number of oxazole rings is 1. The first kappa shape index (κ1) is 12.6. The second kappa shape index (κ2) is 5.65. The van der Waals surface area contributed by atoms with E-state index in [0.29, 0.717) is 12.5 Å². The molecule has 1 aliphatic rings. The largest absolute Gasteiger partial charge is 0.444 e. The summed E-state index contributed by atoms with van der Waals surface area (Å²) in [5.41, 5.74) is 0.990. The zero-order valence-electron chi connectivity index (χ0n) is 10.8. The molecule has 1 aromatic heterocycles. The van der Waals surface area contributed by atoms with Crippen LogP contribution in [0.4, 0.5) is 0 Å². The Morgan fingerprint density at radius 2 is 2.29 bits per heavy atom. The van der Waals surface area contributed by atoms with Crippen molar-refractivity contribution in [2.24, 2.45) is 5.92 Å². The summed E-state index contributed by atoms with van der Waals surface area (Å²) in [5.74, 6) is 2.37. The van der Waals surface area contributed by atoms with Crippen LogP contribution in [0.5, 0.6) is 0 Å². The van der Waals surface area contributed by atoms with Crippen molar-refractivity contribution in [2.45, 2.75) is 39.7 Å². The maximum absolute atomic E-state index is 8.98. The van der Waals surface area contributed by atoms with Crippen LogP contribution in [0.15, 0.2) is 4.42 Å². The van der Waals surface area contributed by atoms with Crippen LogP contribution in [-0.4, -0.2) is 34.7 Å². The minimum atomic E-state index is 0.301. The lowest BCUT2D eigenvalue weighted by molar-refractivity contribution is 0.133. The Kier molecular flexibility index (Phi) is 4.18. The van der Waals surface area contributed by atoms with Gasteiger partial charge in [0.05, 0.1) is 12.2 Å². The van der Waals surface area contributed by atoms with Gasteiger partial charge in [-0.1, -0.05) is 0 Å². The van der Waals surface area contributed by atoms with Crippen LogP contribution in [-0.2, 0) is 6.54 Å². The zero-order chi connectivity index (χ0) is 12.3. The molecule has 1 unspecified atom stereocenters. The Hall–Kier alpha value is -0.870. The number of aromatic nitrogens is 1. The number of aryl methyl sites for hydroxylation is 2. The average Bonchev–Trinajstić information content (AvgIpc) is 2.59. The van der Waals surface area contributed by atoms with E-state index in [1.807, 2.05) is 13.8 Å². The fourth-order valence-corrected chi connectivity index (χ4v) is 2.51. The molecule has 0 aliphatic carbocycles. The van der Waals surface area contributed by atoms with Gasteiger partial charge in [0.1, 0.15) is 5.76 Å². The van der Waals surface area contributed by atoms with Crippen LogP contribution in [0.1, 0.15) is 36.6 Å². The predicted molar refractivity (Wildman–Crippen MR) is 65.7 cm³/mol. The lowest BCUT2D eigenvalue weighted by atomic mass is 9.95. The van der Waals surface area contributed by atoms with E-state index in [0.717, 1.165) is 43.4 Å². The number of aliphatic hydroxyl groups excluding tert-OH is 1. The molecule has 96 valence electrons. The normalized spacial score (nSPS) is 21.9. The quantitative estimate of drug-likeness (QED) is 0.870. The van der Waals surface area contributed by atoms with Gasteiger partial charge in [-0.05, 0) is 45.6 Å². The molecule has 1 aliphatic heterocycles. The first-order chi connectivity index (χ1) is 8.19. The van der Waals surface area contributed by atoms with Crippen molar-refractivity contribution < 1.29 is 9.52 Å². The molecule has 0 spiro atoms. The molecule has 4 nitrogen and oxygen atoms in total. The monoisotopic (exact) mass is 238 g/mol. The highest BCUT2D eigenvalue weighted by molar-refractivity contribution is 5.05. The topological polar surface area (TPSA) is 49.5 Å². The second-order valence-electron chi connectivity index (χ2n) is 5.00. The molecular weight excluding hydrogens is 216 g/mol. The van der Waals surface area contributed by atoms with Gasteiger partial charge in [0.15, 0.2) is 0 Å². The number of hydrogen-bond acceptors (Lipinski definition) is 4. The molecule has 17 heavy (non-hydrogen) atoms. The molecule has 0 aromatic carbocycles. The molecule has 1 saturated heterocycles. The van der Waals surface area contributed by atoms with Gasteiger partial charge >= 0.3 is 0 Å². The molecule has 0 amide bonds. The third-order valence-electron chi connectivity index (χ3n) is 3.57. The van der Waals surface area contributed by atoms with Crippen molar-refractivity contribution in [1.29, 1.82) is 0 Å². The maximum Gasteiger partial charge on any atom is 0.208 e. The van der Waals surface area contributed by atoms with Crippen molar-refractivity contribution in [2.75, 3.05) is 19.7 Å². The molecule has 0 saturated carbocycles. The SMILES string of the molecule is Cc1nc(CN2CCCC(CCO)C2)oc1C. The predicted octanol–water partition coefficient (Wildman–Crippen LogP) is 1.89. The lowest BCUT2D eigenvalue weighted by Crippen LogP contribution is -2.35. The molecule has 4 heteroatoms. The van der Waals surface area contributed by atoms with E-state index in [9.17, 15) is 0 Å². The zero-order valence-corrected chi connectivity index (χ0v) is 10.8. The van der Waals surface area contributed by atoms with Gasteiger partial charge in [0, 0.05) is 13.2 Å².